The van der Waals surface area contributed by atoms with Crippen molar-refractivity contribution in [3.63, 3.8) is 0 Å². The number of ether oxygens (including phenoxy) is 1. The quantitative estimate of drug-likeness (QED) is 0.560. The minimum Gasteiger partial charge on any atom is -0.406 e. The standard InChI is InChI=1S/C24H26F3N5O3S/c1-15-12-19(35-24(25,26)27)6-5-18(15)14-31-10-11-32(23(31)34)22-30-16(2)20(36-22)21(33)29-9-7-17-4-3-8-28-13-17/h3-6,8,12-13,15,18H,7,9-11,14H2,1-2H3,(H,29,33). The number of halogens is 3. The van der Waals surface area contributed by atoms with Crippen LogP contribution in [0.15, 0.2) is 48.5 Å². The van der Waals surface area contributed by atoms with Crippen LogP contribution in [0.1, 0.15) is 27.9 Å². The molecule has 2 aromatic heterocycles. The van der Waals surface area contributed by atoms with E-state index in [1.165, 1.54) is 28.4 Å². The van der Waals surface area contributed by atoms with Gasteiger partial charge in [-0.15, -0.1) is 13.2 Å². The molecule has 1 aliphatic carbocycles. The van der Waals surface area contributed by atoms with Crippen LogP contribution in [0, 0.1) is 18.8 Å². The summed E-state index contributed by atoms with van der Waals surface area (Å²) < 4.78 is 41.4. The molecule has 1 saturated heterocycles. The second kappa shape index (κ2) is 10.7. The molecule has 3 amide bonds. The van der Waals surface area contributed by atoms with E-state index in [-0.39, 0.29) is 29.5 Å². The third-order valence-electron chi connectivity index (χ3n) is 6.01. The van der Waals surface area contributed by atoms with E-state index in [9.17, 15) is 22.8 Å². The van der Waals surface area contributed by atoms with Gasteiger partial charge in [0.1, 0.15) is 10.6 Å². The second-order valence-electron chi connectivity index (χ2n) is 8.66. The molecule has 2 aromatic rings. The van der Waals surface area contributed by atoms with E-state index in [1.807, 2.05) is 12.1 Å². The summed E-state index contributed by atoms with van der Waals surface area (Å²) >= 11 is 1.17. The molecule has 1 aliphatic heterocycles. The van der Waals surface area contributed by atoms with Gasteiger partial charge >= 0.3 is 12.4 Å². The Morgan fingerprint density at radius 2 is 2.14 bits per heavy atom. The lowest BCUT2D eigenvalue weighted by Gasteiger charge is -2.27. The predicted octanol–water partition coefficient (Wildman–Crippen LogP) is 4.30. The average molecular weight is 522 g/mol. The minimum absolute atomic E-state index is 0.145. The summed E-state index contributed by atoms with van der Waals surface area (Å²) in [6, 6.07) is 3.54. The molecule has 0 saturated carbocycles. The van der Waals surface area contributed by atoms with Gasteiger partial charge in [-0.2, -0.15) is 0 Å². The number of hydrogen-bond acceptors (Lipinski definition) is 6. The van der Waals surface area contributed by atoms with Crippen molar-refractivity contribution in [2.75, 3.05) is 31.1 Å². The number of carbonyl (C=O) groups is 2. The molecule has 2 unspecified atom stereocenters. The van der Waals surface area contributed by atoms with Crippen LogP contribution in [0.4, 0.5) is 23.1 Å². The first-order valence-corrected chi connectivity index (χ1v) is 12.3. The van der Waals surface area contributed by atoms with E-state index in [1.54, 1.807) is 37.2 Å². The number of nitrogens with zero attached hydrogens (tertiary/aromatic N) is 4. The lowest BCUT2D eigenvalue weighted by atomic mass is 9.89. The van der Waals surface area contributed by atoms with Crippen molar-refractivity contribution < 1.29 is 27.5 Å². The van der Waals surface area contributed by atoms with Crippen molar-refractivity contribution in [3.05, 3.63) is 64.6 Å². The van der Waals surface area contributed by atoms with Gasteiger partial charge in [-0.25, -0.2) is 9.78 Å². The highest BCUT2D eigenvalue weighted by Gasteiger charge is 2.36. The topological polar surface area (TPSA) is 87.7 Å². The van der Waals surface area contributed by atoms with Crippen LogP contribution in [-0.4, -0.2) is 59.3 Å². The first-order valence-electron chi connectivity index (χ1n) is 11.5. The summed E-state index contributed by atoms with van der Waals surface area (Å²) in [6.45, 7) is 5.19. The fourth-order valence-corrected chi connectivity index (χ4v) is 5.10. The molecule has 8 nitrogen and oxygen atoms in total. The Hall–Kier alpha value is -3.41. The highest BCUT2D eigenvalue weighted by atomic mass is 32.1. The number of pyridine rings is 1. The van der Waals surface area contributed by atoms with Gasteiger partial charge in [0, 0.05) is 44.5 Å². The molecule has 2 aliphatic rings. The normalized spacial score (nSPS) is 20.0. The molecule has 3 heterocycles. The largest absolute Gasteiger partial charge is 0.573 e. The molecule has 0 radical (unpaired) electrons. The van der Waals surface area contributed by atoms with E-state index < -0.39 is 6.36 Å². The Morgan fingerprint density at radius 1 is 1.33 bits per heavy atom. The van der Waals surface area contributed by atoms with Crippen molar-refractivity contribution in [2.45, 2.75) is 26.6 Å². The molecule has 36 heavy (non-hydrogen) atoms. The SMILES string of the molecule is Cc1nc(N2CCN(CC3C=CC(OC(F)(F)F)=CC3C)C2=O)sc1C(=O)NCCc1cccnc1. The van der Waals surface area contributed by atoms with E-state index in [0.29, 0.717) is 48.3 Å². The number of thiazole rings is 1. The molecule has 1 N–H and O–H groups in total. The molecular weight excluding hydrogens is 495 g/mol. The van der Waals surface area contributed by atoms with Crippen LogP contribution in [0.25, 0.3) is 0 Å². The third kappa shape index (κ3) is 6.23. The highest BCUT2D eigenvalue weighted by Crippen LogP contribution is 2.32. The van der Waals surface area contributed by atoms with E-state index in [4.69, 9.17) is 0 Å². The molecule has 1 fully saturated rings. The maximum atomic E-state index is 13.1. The van der Waals surface area contributed by atoms with Crippen molar-refractivity contribution in [1.29, 1.82) is 0 Å². The maximum absolute atomic E-state index is 13.1. The second-order valence-corrected chi connectivity index (χ2v) is 9.63. The number of carbonyl (C=O) groups excluding carboxylic acids is 2. The number of allylic oxidation sites excluding steroid dienone is 2. The first-order chi connectivity index (χ1) is 17.1. The van der Waals surface area contributed by atoms with Crippen molar-refractivity contribution in [2.24, 2.45) is 11.8 Å². The van der Waals surface area contributed by atoms with Gasteiger partial charge in [-0.3, -0.25) is 14.7 Å². The zero-order chi connectivity index (χ0) is 25.9. The van der Waals surface area contributed by atoms with Crippen LogP contribution >= 0.6 is 11.3 Å². The highest BCUT2D eigenvalue weighted by molar-refractivity contribution is 7.17. The average Bonchev–Trinajstić information content (AvgIpc) is 3.37. The van der Waals surface area contributed by atoms with Crippen LogP contribution in [0.3, 0.4) is 0 Å². The summed E-state index contributed by atoms with van der Waals surface area (Å²) in [6.07, 6.45) is 3.70. The number of urea groups is 1. The number of alkyl halides is 3. The minimum atomic E-state index is -4.74. The van der Waals surface area contributed by atoms with Crippen LogP contribution < -0.4 is 10.2 Å². The van der Waals surface area contributed by atoms with E-state index >= 15 is 0 Å². The lowest BCUT2D eigenvalue weighted by molar-refractivity contribution is -0.303. The molecule has 12 heteroatoms. The number of aryl methyl sites for hydroxylation is 1. The van der Waals surface area contributed by atoms with Crippen LogP contribution in [0.2, 0.25) is 0 Å². The van der Waals surface area contributed by atoms with Gasteiger partial charge in [-0.1, -0.05) is 30.4 Å². The zero-order valence-electron chi connectivity index (χ0n) is 19.8. The van der Waals surface area contributed by atoms with Crippen LogP contribution in [-0.2, 0) is 11.2 Å². The number of nitrogens with one attached hydrogen (secondary N) is 1. The third-order valence-corrected chi connectivity index (χ3v) is 7.19. The summed E-state index contributed by atoms with van der Waals surface area (Å²) in [7, 11) is 0. The summed E-state index contributed by atoms with van der Waals surface area (Å²) in [5, 5.41) is 3.33. The summed E-state index contributed by atoms with van der Waals surface area (Å²) in [5.74, 6) is -0.870. The first kappa shape index (κ1) is 25.7. The molecule has 0 bridgehead atoms. The van der Waals surface area contributed by atoms with E-state index in [2.05, 4.69) is 20.0 Å². The molecule has 4 rings (SSSR count). The monoisotopic (exact) mass is 521 g/mol. The van der Waals surface area contributed by atoms with Crippen molar-refractivity contribution >= 4 is 28.4 Å². The smallest absolute Gasteiger partial charge is 0.406 e. The number of amides is 3. The zero-order valence-corrected chi connectivity index (χ0v) is 20.6. The molecule has 0 spiro atoms. The van der Waals surface area contributed by atoms with Crippen molar-refractivity contribution in [3.8, 4) is 0 Å². The Kier molecular flexibility index (Phi) is 7.62. The molecule has 192 valence electrons. The fourth-order valence-electron chi connectivity index (χ4n) is 4.10. The Labute approximate surface area is 210 Å². The molecule has 2 atom stereocenters. The van der Waals surface area contributed by atoms with Crippen LogP contribution in [0.5, 0.6) is 0 Å². The predicted molar refractivity (Wildman–Crippen MR) is 128 cm³/mol. The van der Waals surface area contributed by atoms with Gasteiger partial charge in [0.15, 0.2) is 5.13 Å². The van der Waals surface area contributed by atoms with Gasteiger partial charge in [0.2, 0.25) is 0 Å². The lowest BCUT2D eigenvalue weighted by Crippen LogP contribution is -2.36. The van der Waals surface area contributed by atoms with Gasteiger partial charge in [0.25, 0.3) is 5.91 Å². The van der Waals surface area contributed by atoms with E-state index in [0.717, 1.165) is 5.56 Å². The van der Waals surface area contributed by atoms with Gasteiger partial charge in [-0.05, 0) is 43.0 Å². The Balaban J connectivity index is 1.33. The van der Waals surface area contributed by atoms with Gasteiger partial charge < -0.3 is 15.0 Å². The Bertz CT molecular complexity index is 1170. The number of hydrogen-bond donors (Lipinski definition) is 1. The molecule has 0 aromatic carbocycles. The molecular formula is C24H26F3N5O3S. The van der Waals surface area contributed by atoms with Crippen molar-refractivity contribution in [1.82, 2.24) is 20.2 Å². The fraction of sp³-hybridized carbons (Fsp3) is 0.417. The summed E-state index contributed by atoms with van der Waals surface area (Å²) in [5.41, 5.74) is 1.57. The van der Waals surface area contributed by atoms with Gasteiger partial charge in [0.05, 0.1) is 5.69 Å². The number of anilines is 1. The summed E-state index contributed by atoms with van der Waals surface area (Å²) in [4.78, 5) is 37.9. The number of rotatable bonds is 8. The number of aromatic nitrogens is 2. The maximum Gasteiger partial charge on any atom is 0.573 e. The Morgan fingerprint density at radius 3 is 2.83 bits per heavy atom.